The lowest BCUT2D eigenvalue weighted by atomic mass is 9.76. The Bertz CT molecular complexity index is 246. The van der Waals surface area contributed by atoms with Crippen LogP contribution in [-0.4, -0.2) is 37.1 Å². The van der Waals surface area contributed by atoms with Crippen molar-refractivity contribution in [3.05, 3.63) is 0 Å². The number of rotatable bonds is 5. The lowest BCUT2D eigenvalue weighted by Gasteiger charge is -2.43. The summed E-state index contributed by atoms with van der Waals surface area (Å²) in [7, 11) is 0. The van der Waals surface area contributed by atoms with Crippen LogP contribution in [0.2, 0.25) is 0 Å². The van der Waals surface area contributed by atoms with Gasteiger partial charge in [0.1, 0.15) is 0 Å². The van der Waals surface area contributed by atoms with E-state index in [1.165, 1.54) is 64.7 Å². The number of nitrogens with one attached hydrogen (secondary N) is 1. The molecule has 2 nitrogen and oxygen atoms in total. The Kier molecular flexibility index (Phi) is 6.15. The van der Waals surface area contributed by atoms with E-state index in [0.717, 1.165) is 23.8 Å². The zero-order valence-corrected chi connectivity index (χ0v) is 13.3. The third-order valence-corrected chi connectivity index (χ3v) is 5.46. The van der Waals surface area contributed by atoms with Gasteiger partial charge in [-0.05, 0) is 63.1 Å². The van der Waals surface area contributed by atoms with E-state index in [1.807, 2.05) is 0 Å². The van der Waals surface area contributed by atoms with Gasteiger partial charge >= 0.3 is 0 Å². The molecule has 112 valence electrons. The molecule has 1 heterocycles. The lowest BCUT2D eigenvalue weighted by molar-refractivity contribution is 0.0649. The van der Waals surface area contributed by atoms with Crippen molar-refractivity contribution in [3.63, 3.8) is 0 Å². The van der Waals surface area contributed by atoms with Crippen LogP contribution in [0, 0.1) is 17.8 Å². The van der Waals surface area contributed by atoms with Gasteiger partial charge in [0.05, 0.1) is 0 Å². The van der Waals surface area contributed by atoms with Crippen molar-refractivity contribution < 1.29 is 0 Å². The summed E-state index contributed by atoms with van der Waals surface area (Å²) < 4.78 is 0. The van der Waals surface area contributed by atoms with Gasteiger partial charge in [-0.1, -0.05) is 33.6 Å². The molecular formula is C17H34N2. The summed E-state index contributed by atoms with van der Waals surface area (Å²) in [5, 5.41) is 3.49. The Morgan fingerprint density at radius 2 is 1.74 bits per heavy atom. The summed E-state index contributed by atoms with van der Waals surface area (Å²) in [4.78, 5) is 2.83. The van der Waals surface area contributed by atoms with E-state index in [4.69, 9.17) is 0 Å². The molecule has 0 spiro atoms. The van der Waals surface area contributed by atoms with Crippen LogP contribution in [0.1, 0.15) is 59.3 Å². The van der Waals surface area contributed by atoms with Crippen LogP contribution < -0.4 is 5.32 Å². The minimum Gasteiger partial charge on any atom is -0.317 e. The van der Waals surface area contributed by atoms with Crippen molar-refractivity contribution in [1.82, 2.24) is 10.2 Å². The standard InChI is InChI=1S/C17H34N2/c1-4-19(13-15-9-11-18-12-10-15)17-8-6-5-7-16(17)14(2)3/h14-18H,4-13H2,1-3H3. The molecule has 0 radical (unpaired) electrons. The molecule has 0 bridgehead atoms. The highest BCUT2D eigenvalue weighted by atomic mass is 15.2. The molecule has 1 saturated heterocycles. The normalized spacial score (nSPS) is 30.2. The van der Waals surface area contributed by atoms with Gasteiger partial charge in [-0.2, -0.15) is 0 Å². The van der Waals surface area contributed by atoms with Crippen molar-refractivity contribution in [2.75, 3.05) is 26.2 Å². The van der Waals surface area contributed by atoms with Gasteiger partial charge in [0.2, 0.25) is 0 Å². The van der Waals surface area contributed by atoms with Crippen LogP contribution in [0.3, 0.4) is 0 Å². The molecule has 1 N–H and O–H groups in total. The third kappa shape index (κ3) is 4.19. The molecule has 0 aromatic rings. The molecule has 2 heteroatoms. The molecule has 2 atom stereocenters. The van der Waals surface area contributed by atoms with Crippen molar-refractivity contribution in [1.29, 1.82) is 0 Å². The van der Waals surface area contributed by atoms with Crippen LogP contribution in [-0.2, 0) is 0 Å². The first-order valence-electron chi connectivity index (χ1n) is 8.67. The Morgan fingerprint density at radius 1 is 1.05 bits per heavy atom. The van der Waals surface area contributed by atoms with Crippen LogP contribution in [0.5, 0.6) is 0 Å². The summed E-state index contributed by atoms with van der Waals surface area (Å²) in [6.07, 6.45) is 8.60. The molecule has 2 aliphatic rings. The van der Waals surface area contributed by atoms with Gasteiger partial charge in [-0.25, -0.2) is 0 Å². The third-order valence-electron chi connectivity index (χ3n) is 5.46. The molecule has 2 rings (SSSR count). The van der Waals surface area contributed by atoms with Crippen LogP contribution in [0.15, 0.2) is 0 Å². The van der Waals surface area contributed by atoms with E-state index in [1.54, 1.807) is 0 Å². The molecule has 1 aliphatic carbocycles. The predicted molar refractivity (Wildman–Crippen MR) is 83.4 cm³/mol. The van der Waals surface area contributed by atoms with Crippen molar-refractivity contribution in [3.8, 4) is 0 Å². The second kappa shape index (κ2) is 7.64. The SMILES string of the molecule is CCN(CC1CCNCC1)C1CCCCC1C(C)C. The van der Waals surface area contributed by atoms with Gasteiger partial charge in [0.15, 0.2) is 0 Å². The lowest BCUT2D eigenvalue weighted by Crippen LogP contribution is -2.47. The average Bonchev–Trinajstić information content (AvgIpc) is 2.46. The first kappa shape index (κ1) is 15.3. The highest BCUT2D eigenvalue weighted by Gasteiger charge is 2.32. The molecule has 0 amide bonds. The van der Waals surface area contributed by atoms with Gasteiger partial charge < -0.3 is 10.2 Å². The minimum absolute atomic E-state index is 0.854. The quantitative estimate of drug-likeness (QED) is 0.819. The topological polar surface area (TPSA) is 15.3 Å². The predicted octanol–water partition coefficient (Wildman–Crippen LogP) is 3.52. The zero-order valence-electron chi connectivity index (χ0n) is 13.3. The van der Waals surface area contributed by atoms with E-state index in [2.05, 4.69) is 31.0 Å². The van der Waals surface area contributed by atoms with E-state index >= 15 is 0 Å². The summed E-state index contributed by atoms with van der Waals surface area (Å²) in [6.45, 7) is 12.3. The zero-order chi connectivity index (χ0) is 13.7. The summed E-state index contributed by atoms with van der Waals surface area (Å²) in [5.74, 6) is 2.73. The van der Waals surface area contributed by atoms with Gasteiger partial charge in [-0.3, -0.25) is 0 Å². The fourth-order valence-corrected chi connectivity index (χ4v) is 4.27. The fraction of sp³-hybridized carbons (Fsp3) is 1.00. The maximum atomic E-state index is 3.49. The largest absolute Gasteiger partial charge is 0.317 e. The molecule has 19 heavy (non-hydrogen) atoms. The van der Waals surface area contributed by atoms with Gasteiger partial charge in [0, 0.05) is 12.6 Å². The average molecular weight is 266 g/mol. The first-order chi connectivity index (χ1) is 9.22. The smallest absolute Gasteiger partial charge is 0.0126 e. The van der Waals surface area contributed by atoms with Crippen molar-refractivity contribution in [2.45, 2.75) is 65.3 Å². The second-order valence-corrected chi connectivity index (χ2v) is 7.04. The summed E-state index contributed by atoms with van der Waals surface area (Å²) in [5.41, 5.74) is 0. The Balaban J connectivity index is 1.93. The number of hydrogen-bond donors (Lipinski definition) is 1. The number of nitrogens with zero attached hydrogens (tertiary/aromatic N) is 1. The van der Waals surface area contributed by atoms with Crippen LogP contribution >= 0.6 is 0 Å². The Hall–Kier alpha value is -0.0800. The van der Waals surface area contributed by atoms with Crippen molar-refractivity contribution >= 4 is 0 Å². The summed E-state index contributed by atoms with van der Waals surface area (Å²) >= 11 is 0. The monoisotopic (exact) mass is 266 g/mol. The minimum atomic E-state index is 0.854. The molecule has 0 aromatic carbocycles. The van der Waals surface area contributed by atoms with E-state index in [9.17, 15) is 0 Å². The first-order valence-corrected chi connectivity index (χ1v) is 8.67. The highest BCUT2D eigenvalue weighted by Crippen LogP contribution is 2.34. The fourth-order valence-electron chi connectivity index (χ4n) is 4.27. The van der Waals surface area contributed by atoms with E-state index < -0.39 is 0 Å². The van der Waals surface area contributed by atoms with E-state index in [-0.39, 0.29) is 0 Å². The van der Waals surface area contributed by atoms with Gasteiger partial charge in [-0.15, -0.1) is 0 Å². The summed E-state index contributed by atoms with van der Waals surface area (Å²) in [6, 6.07) is 0.869. The molecule has 0 aromatic heterocycles. The van der Waals surface area contributed by atoms with Crippen molar-refractivity contribution in [2.24, 2.45) is 17.8 Å². The van der Waals surface area contributed by atoms with Crippen LogP contribution in [0.25, 0.3) is 0 Å². The van der Waals surface area contributed by atoms with E-state index in [0.29, 0.717) is 0 Å². The second-order valence-electron chi connectivity index (χ2n) is 7.04. The molecule has 1 aliphatic heterocycles. The Labute approximate surface area is 120 Å². The van der Waals surface area contributed by atoms with Crippen LogP contribution in [0.4, 0.5) is 0 Å². The maximum absolute atomic E-state index is 3.49. The molecule has 2 unspecified atom stereocenters. The number of hydrogen-bond acceptors (Lipinski definition) is 2. The maximum Gasteiger partial charge on any atom is 0.0126 e. The molecular weight excluding hydrogens is 232 g/mol. The molecule has 2 fully saturated rings. The highest BCUT2D eigenvalue weighted by molar-refractivity contribution is 4.86. The molecule has 1 saturated carbocycles. The number of piperidine rings is 1. The van der Waals surface area contributed by atoms with Gasteiger partial charge in [0.25, 0.3) is 0 Å². The Morgan fingerprint density at radius 3 is 2.37 bits per heavy atom.